The van der Waals surface area contributed by atoms with Crippen LogP contribution in [0.15, 0.2) is 29.2 Å². The molecule has 0 aliphatic carbocycles. The molecule has 0 unspecified atom stereocenters. The summed E-state index contributed by atoms with van der Waals surface area (Å²) in [6, 6.07) is 5.38. The smallest absolute Gasteiger partial charge is 0.331 e. The van der Waals surface area contributed by atoms with Crippen LogP contribution in [-0.2, 0) is 10.0 Å². The number of rotatable bonds is 16. The summed E-state index contributed by atoms with van der Waals surface area (Å²) in [5.74, 6) is 0. The summed E-state index contributed by atoms with van der Waals surface area (Å²) in [6.07, 6.45) is 13.7. The Balaban J connectivity index is 2.48. The first kappa shape index (κ1) is 26.8. The lowest BCUT2D eigenvalue weighted by atomic mass is 10.1. The largest absolute Gasteiger partial charge is 0.337 e. The Morgan fingerprint density at radius 3 is 1.83 bits per heavy atom. The van der Waals surface area contributed by atoms with Crippen LogP contribution in [-0.4, -0.2) is 31.8 Å². The first-order chi connectivity index (χ1) is 14.4. The van der Waals surface area contributed by atoms with E-state index in [1.165, 1.54) is 75.6 Å². The molecule has 0 aliphatic heterocycles. The van der Waals surface area contributed by atoms with Crippen molar-refractivity contribution in [1.29, 1.82) is 0 Å². The summed E-state index contributed by atoms with van der Waals surface area (Å²) in [5, 5.41) is 3.15. The molecule has 1 aromatic carbocycles. The number of urea groups is 1. The first-order valence-corrected chi connectivity index (χ1v) is 13.3. The second-order valence-electron chi connectivity index (χ2n) is 7.80. The van der Waals surface area contributed by atoms with Gasteiger partial charge in [0.05, 0.1) is 4.90 Å². The molecule has 0 aliphatic rings. The number of sulfonamides is 1. The number of nitrogens with one attached hydrogen (secondary N) is 1. The third kappa shape index (κ3) is 10.2. The minimum atomic E-state index is -3.90. The third-order valence-electron chi connectivity index (χ3n) is 5.12. The fourth-order valence-electron chi connectivity index (χ4n) is 3.30. The first-order valence-electron chi connectivity index (χ1n) is 11.5. The van der Waals surface area contributed by atoms with Gasteiger partial charge in [0, 0.05) is 18.1 Å². The fraction of sp³-hybridized carbons (Fsp3) is 0.696. The molecule has 0 aromatic heterocycles. The Bertz CT molecular complexity index is 693. The molecule has 0 saturated carbocycles. The second kappa shape index (κ2) is 15.5. The number of carbonyl (C=O) groups excluding carboxylic acids is 1. The third-order valence-corrected chi connectivity index (χ3v) is 7.17. The van der Waals surface area contributed by atoms with Crippen molar-refractivity contribution in [3.63, 3.8) is 0 Å². The molecule has 7 heteroatoms. The van der Waals surface area contributed by atoms with Gasteiger partial charge in [0.15, 0.2) is 0 Å². The zero-order chi connectivity index (χ0) is 22.2. The molecule has 30 heavy (non-hydrogen) atoms. The molecule has 172 valence electrons. The summed E-state index contributed by atoms with van der Waals surface area (Å²) in [5.41, 5.74) is 0. The number of hydrogen-bond donors (Lipinski definition) is 1. The predicted molar refractivity (Wildman–Crippen MR) is 125 cm³/mol. The van der Waals surface area contributed by atoms with E-state index in [1.54, 1.807) is 0 Å². The summed E-state index contributed by atoms with van der Waals surface area (Å²) >= 11 is 5.87. The zero-order valence-corrected chi connectivity index (χ0v) is 20.2. The van der Waals surface area contributed by atoms with Crippen LogP contribution in [0.25, 0.3) is 0 Å². The Kier molecular flexibility index (Phi) is 13.8. The molecule has 2 amide bonds. The number of benzene rings is 1. The van der Waals surface area contributed by atoms with Gasteiger partial charge in [0.25, 0.3) is 10.0 Å². The molecule has 0 atom stereocenters. The van der Waals surface area contributed by atoms with Crippen LogP contribution in [0.5, 0.6) is 0 Å². The zero-order valence-electron chi connectivity index (χ0n) is 18.7. The quantitative estimate of drug-likeness (QED) is 0.278. The number of carbonyl (C=O) groups is 1. The van der Waals surface area contributed by atoms with Crippen molar-refractivity contribution in [1.82, 2.24) is 9.62 Å². The van der Waals surface area contributed by atoms with Crippen molar-refractivity contribution < 1.29 is 13.2 Å². The topological polar surface area (TPSA) is 66.5 Å². The van der Waals surface area contributed by atoms with E-state index >= 15 is 0 Å². The number of halogens is 1. The van der Waals surface area contributed by atoms with Crippen molar-refractivity contribution in [3.8, 4) is 0 Å². The van der Waals surface area contributed by atoms with E-state index < -0.39 is 16.1 Å². The van der Waals surface area contributed by atoms with Gasteiger partial charge in [0.1, 0.15) is 0 Å². The van der Waals surface area contributed by atoms with Crippen LogP contribution in [0.2, 0.25) is 5.02 Å². The number of hydrogen-bond acceptors (Lipinski definition) is 3. The van der Waals surface area contributed by atoms with Gasteiger partial charge in [-0.15, -0.1) is 0 Å². The van der Waals surface area contributed by atoms with Crippen LogP contribution >= 0.6 is 11.6 Å². The van der Waals surface area contributed by atoms with Crippen LogP contribution in [0, 0.1) is 0 Å². The van der Waals surface area contributed by atoms with Gasteiger partial charge in [-0.1, -0.05) is 89.7 Å². The maximum absolute atomic E-state index is 13.0. The van der Waals surface area contributed by atoms with E-state index in [0.717, 1.165) is 23.6 Å². The number of nitrogens with zero attached hydrogens (tertiary/aromatic N) is 1. The minimum absolute atomic E-state index is 0.0848. The normalized spacial score (nSPS) is 11.4. The van der Waals surface area contributed by atoms with Gasteiger partial charge < -0.3 is 5.32 Å². The minimum Gasteiger partial charge on any atom is -0.337 e. The lowest BCUT2D eigenvalue weighted by Crippen LogP contribution is -2.44. The van der Waals surface area contributed by atoms with Crippen molar-refractivity contribution >= 4 is 27.7 Å². The molecule has 5 nitrogen and oxygen atoms in total. The van der Waals surface area contributed by atoms with Gasteiger partial charge in [0.2, 0.25) is 0 Å². The molecule has 0 saturated heterocycles. The summed E-state index contributed by atoms with van der Waals surface area (Å²) in [7, 11) is -3.90. The Labute approximate surface area is 188 Å². The van der Waals surface area contributed by atoms with Crippen LogP contribution in [0.3, 0.4) is 0 Å². The number of amides is 2. The average Bonchev–Trinajstić information content (AvgIpc) is 2.73. The van der Waals surface area contributed by atoms with Crippen LogP contribution in [0.1, 0.15) is 90.9 Å². The van der Waals surface area contributed by atoms with Crippen LogP contribution < -0.4 is 5.32 Å². The van der Waals surface area contributed by atoms with E-state index in [9.17, 15) is 13.2 Å². The molecular formula is C23H39ClN2O3S. The Morgan fingerprint density at radius 2 is 1.33 bits per heavy atom. The van der Waals surface area contributed by atoms with E-state index in [1.807, 2.05) is 6.92 Å². The standard InChI is InChI=1S/C23H39ClN2O3S/c1-3-5-6-7-8-9-10-11-12-13-14-20-26(23(27)25-19-4-2)30(28,29)22-17-15-21(24)16-18-22/h15-18H,3-14,19-20H2,1-2H3,(H,25,27). The van der Waals surface area contributed by atoms with Gasteiger partial charge in [-0.05, 0) is 37.1 Å². The van der Waals surface area contributed by atoms with Gasteiger partial charge in [-0.25, -0.2) is 17.5 Å². The Morgan fingerprint density at radius 1 is 0.833 bits per heavy atom. The summed E-state index contributed by atoms with van der Waals surface area (Å²) in [4.78, 5) is 12.6. The number of unbranched alkanes of at least 4 members (excludes halogenated alkanes) is 10. The molecular weight excluding hydrogens is 420 g/mol. The van der Waals surface area contributed by atoms with E-state index in [4.69, 9.17) is 11.6 Å². The lowest BCUT2D eigenvalue weighted by Gasteiger charge is -2.23. The highest BCUT2D eigenvalue weighted by atomic mass is 35.5. The van der Waals surface area contributed by atoms with Crippen molar-refractivity contribution in [2.24, 2.45) is 0 Å². The monoisotopic (exact) mass is 458 g/mol. The SMILES string of the molecule is CCCCCCCCCCCCCN(C(=O)NCCC)S(=O)(=O)c1ccc(Cl)cc1. The Hall–Kier alpha value is -1.27. The average molecular weight is 459 g/mol. The van der Waals surface area contributed by atoms with Crippen molar-refractivity contribution in [3.05, 3.63) is 29.3 Å². The summed E-state index contributed by atoms with van der Waals surface area (Å²) in [6.45, 7) is 4.80. The second-order valence-corrected chi connectivity index (χ2v) is 10.1. The van der Waals surface area contributed by atoms with Crippen molar-refractivity contribution in [2.45, 2.75) is 95.8 Å². The van der Waals surface area contributed by atoms with Gasteiger partial charge in [-0.2, -0.15) is 0 Å². The molecule has 1 aromatic rings. The van der Waals surface area contributed by atoms with E-state index in [2.05, 4.69) is 12.2 Å². The molecule has 0 radical (unpaired) electrons. The predicted octanol–water partition coefficient (Wildman–Crippen LogP) is 6.76. The van der Waals surface area contributed by atoms with E-state index in [-0.39, 0.29) is 11.4 Å². The fourth-order valence-corrected chi connectivity index (χ4v) is 4.82. The highest BCUT2D eigenvalue weighted by Crippen LogP contribution is 2.20. The molecule has 0 bridgehead atoms. The van der Waals surface area contributed by atoms with Crippen LogP contribution in [0.4, 0.5) is 4.79 Å². The highest BCUT2D eigenvalue weighted by Gasteiger charge is 2.28. The maximum atomic E-state index is 13.0. The molecule has 0 spiro atoms. The molecule has 0 fully saturated rings. The lowest BCUT2D eigenvalue weighted by molar-refractivity contribution is 0.222. The van der Waals surface area contributed by atoms with E-state index in [0.29, 0.717) is 18.0 Å². The van der Waals surface area contributed by atoms with Crippen molar-refractivity contribution in [2.75, 3.05) is 13.1 Å². The molecule has 1 N–H and O–H groups in total. The molecule has 0 heterocycles. The maximum Gasteiger partial charge on any atom is 0.331 e. The highest BCUT2D eigenvalue weighted by molar-refractivity contribution is 7.89. The van der Waals surface area contributed by atoms with Gasteiger partial charge in [-0.3, -0.25) is 0 Å². The van der Waals surface area contributed by atoms with Gasteiger partial charge >= 0.3 is 6.03 Å². The molecule has 1 rings (SSSR count). The summed E-state index contributed by atoms with van der Waals surface area (Å²) < 4.78 is 26.9.